The van der Waals surface area contributed by atoms with Crippen molar-refractivity contribution in [2.75, 3.05) is 6.61 Å². The first-order chi connectivity index (χ1) is 11.8. The number of carbonyl (C=O) groups excluding carboxylic acids is 2. The Morgan fingerprint density at radius 3 is 2.36 bits per heavy atom. The Balaban J connectivity index is 1.48. The molecule has 0 radical (unpaired) electrons. The number of Topliss-reactive ketones (excluding diaryl/α,β-unsaturated/α-hetero) is 2. The quantitative estimate of drug-likeness (QED) is 0.670. The van der Waals surface area contributed by atoms with Crippen LogP contribution in [0.15, 0.2) is 0 Å². The van der Waals surface area contributed by atoms with Crippen molar-refractivity contribution < 1.29 is 14.3 Å². The lowest BCUT2D eigenvalue weighted by Gasteiger charge is -2.59. The van der Waals surface area contributed by atoms with E-state index in [1.54, 1.807) is 0 Å². The highest BCUT2D eigenvalue weighted by atomic mass is 16.6. The van der Waals surface area contributed by atoms with Crippen LogP contribution in [0.5, 0.6) is 0 Å². The average Bonchev–Trinajstić information content (AvgIpc) is 3.18. The molecule has 3 nitrogen and oxygen atoms in total. The van der Waals surface area contributed by atoms with E-state index in [9.17, 15) is 9.59 Å². The molecule has 25 heavy (non-hydrogen) atoms. The van der Waals surface area contributed by atoms with E-state index in [4.69, 9.17) is 4.74 Å². The molecule has 0 aromatic heterocycles. The fourth-order valence-electron chi connectivity index (χ4n) is 8.15. The van der Waals surface area contributed by atoms with Crippen LogP contribution < -0.4 is 0 Å². The van der Waals surface area contributed by atoms with Gasteiger partial charge in [0.1, 0.15) is 11.6 Å². The van der Waals surface area contributed by atoms with Gasteiger partial charge in [0.15, 0.2) is 0 Å². The number of ketones is 2. The Labute approximate surface area is 151 Å². The third-order valence-electron chi connectivity index (χ3n) is 9.62. The monoisotopic (exact) mass is 344 g/mol. The first-order valence-electron chi connectivity index (χ1n) is 10.5. The number of hydrogen-bond donors (Lipinski definition) is 0. The number of rotatable bonds is 1. The molecule has 5 rings (SSSR count). The molecule has 5 aliphatic rings. The molecule has 0 unspecified atom stereocenters. The zero-order valence-electron chi connectivity index (χ0n) is 16.0. The summed E-state index contributed by atoms with van der Waals surface area (Å²) >= 11 is 0. The summed E-state index contributed by atoms with van der Waals surface area (Å²) in [6.07, 6.45) is 7.97. The van der Waals surface area contributed by atoms with Crippen LogP contribution in [-0.2, 0) is 14.3 Å². The minimum atomic E-state index is 0.0147. The summed E-state index contributed by atoms with van der Waals surface area (Å²) in [5.74, 6) is 3.27. The lowest BCUT2D eigenvalue weighted by atomic mass is 9.44. The Kier molecular flexibility index (Phi) is 3.27. The highest BCUT2D eigenvalue weighted by Crippen LogP contribution is 2.69. The average molecular weight is 344 g/mol. The van der Waals surface area contributed by atoms with E-state index in [0.717, 1.165) is 19.4 Å². The number of epoxide rings is 1. The van der Waals surface area contributed by atoms with Gasteiger partial charge in [0.05, 0.1) is 12.2 Å². The van der Waals surface area contributed by atoms with Crippen LogP contribution >= 0.6 is 0 Å². The normalized spacial score (nSPS) is 57.6. The summed E-state index contributed by atoms with van der Waals surface area (Å²) in [6, 6.07) is 0. The van der Waals surface area contributed by atoms with Gasteiger partial charge in [0.2, 0.25) is 0 Å². The van der Waals surface area contributed by atoms with Crippen molar-refractivity contribution in [3.05, 3.63) is 0 Å². The second-order valence-corrected chi connectivity index (χ2v) is 10.6. The van der Waals surface area contributed by atoms with Gasteiger partial charge in [-0.1, -0.05) is 13.8 Å². The van der Waals surface area contributed by atoms with Crippen molar-refractivity contribution in [2.45, 2.75) is 77.7 Å². The minimum absolute atomic E-state index is 0.0147. The number of fused-ring (bicyclic) bond motifs is 5. The van der Waals surface area contributed by atoms with Crippen molar-refractivity contribution in [3.8, 4) is 0 Å². The standard InChI is InChI=1S/C22H32O3/c1-20-8-6-13(23)10-17(20)18(24)11-14-15-4-5-19(22(3)12-25-22)21(15,2)9-7-16(14)20/h14-17,19H,4-12H2,1-3H3/t14-,15+,16-,17-,19+,20+,21-,22+/m0/s1. The van der Waals surface area contributed by atoms with Crippen molar-refractivity contribution in [1.29, 1.82) is 0 Å². The molecule has 0 amide bonds. The molecule has 0 N–H and O–H groups in total. The maximum absolute atomic E-state index is 13.0. The molecule has 8 atom stereocenters. The molecule has 3 heteroatoms. The van der Waals surface area contributed by atoms with E-state index in [0.29, 0.717) is 53.5 Å². The van der Waals surface area contributed by atoms with E-state index in [-0.39, 0.29) is 16.9 Å². The van der Waals surface area contributed by atoms with E-state index in [1.165, 1.54) is 25.7 Å². The summed E-state index contributed by atoms with van der Waals surface area (Å²) in [7, 11) is 0. The second-order valence-electron chi connectivity index (χ2n) is 10.6. The van der Waals surface area contributed by atoms with E-state index in [2.05, 4.69) is 20.8 Å². The zero-order valence-corrected chi connectivity index (χ0v) is 16.0. The van der Waals surface area contributed by atoms with Gasteiger partial charge in [-0.25, -0.2) is 0 Å². The topological polar surface area (TPSA) is 46.7 Å². The molecular weight excluding hydrogens is 312 g/mol. The summed E-state index contributed by atoms with van der Waals surface area (Å²) in [5, 5.41) is 0. The van der Waals surface area contributed by atoms with Gasteiger partial charge < -0.3 is 4.74 Å². The molecule has 5 fully saturated rings. The highest BCUT2D eigenvalue weighted by molar-refractivity contribution is 5.90. The second kappa shape index (κ2) is 4.97. The smallest absolute Gasteiger partial charge is 0.137 e. The third-order valence-corrected chi connectivity index (χ3v) is 9.62. The van der Waals surface area contributed by atoms with Crippen LogP contribution in [-0.4, -0.2) is 23.8 Å². The zero-order chi connectivity index (χ0) is 17.6. The highest BCUT2D eigenvalue weighted by Gasteiger charge is 2.66. The molecule has 0 spiro atoms. The molecule has 0 aromatic carbocycles. The summed E-state index contributed by atoms with van der Waals surface area (Å²) in [5.41, 5.74) is 0.534. The molecule has 1 aliphatic heterocycles. The molecular formula is C22H32O3. The van der Waals surface area contributed by atoms with E-state index in [1.807, 2.05) is 0 Å². The first-order valence-corrected chi connectivity index (χ1v) is 10.5. The van der Waals surface area contributed by atoms with Gasteiger partial charge in [-0.2, -0.15) is 0 Å². The van der Waals surface area contributed by atoms with Crippen LogP contribution in [0.1, 0.15) is 72.1 Å². The Hall–Kier alpha value is -0.700. The molecule has 0 bridgehead atoms. The fourth-order valence-corrected chi connectivity index (χ4v) is 8.15. The van der Waals surface area contributed by atoms with E-state index >= 15 is 0 Å². The fraction of sp³-hybridized carbons (Fsp3) is 0.909. The molecule has 0 aromatic rings. The number of hydrogen-bond acceptors (Lipinski definition) is 3. The lowest BCUT2D eigenvalue weighted by Crippen LogP contribution is -2.57. The van der Waals surface area contributed by atoms with Crippen LogP contribution in [0.4, 0.5) is 0 Å². The number of carbonyl (C=O) groups is 2. The summed E-state index contributed by atoms with van der Waals surface area (Å²) in [4.78, 5) is 25.0. The van der Waals surface area contributed by atoms with Gasteiger partial charge in [-0.15, -0.1) is 0 Å². The Morgan fingerprint density at radius 2 is 1.64 bits per heavy atom. The molecule has 138 valence electrons. The SMILES string of the molecule is C[C@]12CC[C@H]3[C@@H](CC(=O)[C@@H]4CC(=O)CC[C@@]43C)[C@H]1CC[C@H]2[C@@]1(C)CO1. The van der Waals surface area contributed by atoms with Gasteiger partial charge in [0, 0.05) is 25.2 Å². The Morgan fingerprint density at radius 1 is 0.920 bits per heavy atom. The van der Waals surface area contributed by atoms with Crippen molar-refractivity contribution in [3.63, 3.8) is 0 Å². The van der Waals surface area contributed by atoms with Crippen LogP contribution in [0.2, 0.25) is 0 Å². The molecule has 4 aliphatic carbocycles. The van der Waals surface area contributed by atoms with Gasteiger partial charge >= 0.3 is 0 Å². The lowest BCUT2D eigenvalue weighted by molar-refractivity contribution is -0.159. The predicted molar refractivity (Wildman–Crippen MR) is 95.0 cm³/mol. The predicted octanol–water partition coefficient (Wildman–Crippen LogP) is 4.18. The van der Waals surface area contributed by atoms with Gasteiger partial charge in [-0.05, 0) is 73.5 Å². The van der Waals surface area contributed by atoms with Crippen molar-refractivity contribution >= 4 is 11.6 Å². The number of ether oxygens (including phenoxy) is 1. The first kappa shape index (κ1) is 16.5. The maximum atomic E-state index is 13.0. The van der Waals surface area contributed by atoms with Crippen molar-refractivity contribution in [1.82, 2.24) is 0 Å². The van der Waals surface area contributed by atoms with Gasteiger partial charge in [-0.3, -0.25) is 9.59 Å². The van der Waals surface area contributed by atoms with Crippen molar-refractivity contribution in [2.24, 2.45) is 40.4 Å². The van der Waals surface area contributed by atoms with Gasteiger partial charge in [0.25, 0.3) is 0 Å². The third kappa shape index (κ3) is 2.08. The maximum Gasteiger partial charge on any atom is 0.137 e. The Bertz CT molecular complexity index is 635. The molecule has 4 saturated carbocycles. The van der Waals surface area contributed by atoms with E-state index < -0.39 is 0 Å². The minimum Gasteiger partial charge on any atom is -0.370 e. The van der Waals surface area contributed by atoms with Crippen LogP contribution in [0.3, 0.4) is 0 Å². The van der Waals surface area contributed by atoms with Crippen LogP contribution in [0.25, 0.3) is 0 Å². The summed E-state index contributed by atoms with van der Waals surface area (Å²) in [6.45, 7) is 8.07. The summed E-state index contributed by atoms with van der Waals surface area (Å²) < 4.78 is 5.86. The molecule has 1 heterocycles. The van der Waals surface area contributed by atoms with Crippen LogP contribution in [0, 0.1) is 40.4 Å². The molecule has 1 saturated heterocycles. The largest absolute Gasteiger partial charge is 0.370 e.